The Balaban J connectivity index is 2.48. The number of hydrogen-bond acceptors (Lipinski definition) is 6. The molecule has 1 aromatic rings. The van der Waals surface area contributed by atoms with E-state index in [4.69, 9.17) is 4.52 Å². The van der Waals surface area contributed by atoms with Crippen LogP contribution in [0.2, 0.25) is 0 Å². The van der Waals surface area contributed by atoms with E-state index < -0.39 is 0 Å². The number of hydrogen-bond donors (Lipinski definition) is 0. The third-order valence-electron chi connectivity index (χ3n) is 1.67. The van der Waals surface area contributed by atoms with E-state index >= 15 is 0 Å². The van der Waals surface area contributed by atoms with Crippen molar-refractivity contribution in [3.63, 3.8) is 0 Å². The summed E-state index contributed by atoms with van der Waals surface area (Å²) in [6, 6.07) is 0. The van der Waals surface area contributed by atoms with Gasteiger partial charge in [-0.3, -0.25) is 4.79 Å². The lowest BCUT2D eigenvalue weighted by molar-refractivity contribution is -0.140. The highest BCUT2D eigenvalue weighted by Crippen LogP contribution is 2.25. The molecule has 0 unspecified atom stereocenters. The number of esters is 1. The molecule has 0 aromatic carbocycles. The van der Waals surface area contributed by atoms with Crippen molar-refractivity contribution in [3.05, 3.63) is 11.7 Å². The maximum Gasteiger partial charge on any atom is 0.315 e. The van der Waals surface area contributed by atoms with Gasteiger partial charge in [0, 0.05) is 4.75 Å². The van der Waals surface area contributed by atoms with Gasteiger partial charge in [-0.05, 0) is 0 Å². The highest BCUT2D eigenvalue weighted by molar-refractivity contribution is 7.99. The van der Waals surface area contributed by atoms with Crippen LogP contribution < -0.4 is 0 Å². The third kappa shape index (κ3) is 4.65. The lowest BCUT2D eigenvalue weighted by Gasteiger charge is -2.15. The molecule has 0 aliphatic heterocycles. The molecular weight excluding hydrogens is 228 g/mol. The minimum atomic E-state index is -0.376. The van der Waals surface area contributed by atoms with Crippen LogP contribution in [0.25, 0.3) is 0 Å². The van der Waals surface area contributed by atoms with Gasteiger partial charge in [-0.2, -0.15) is 4.98 Å². The number of methoxy groups -OCH3 is 1. The number of nitrogens with zero attached hydrogens (tertiary/aromatic N) is 2. The molecule has 0 spiro atoms. The van der Waals surface area contributed by atoms with Crippen molar-refractivity contribution in [2.24, 2.45) is 0 Å². The van der Waals surface area contributed by atoms with Gasteiger partial charge in [0.25, 0.3) is 0 Å². The standard InChI is InChI=1S/C10H16N2O3S/c1-10(2,3)16-6-7-11-8(15-12-7)5-9(13)14-4/h5-6H2,1-4H3. The molecule has 1 aromatic heterocycles. The molecule has 0 N–H and O–H groups in total. The van der Waals surface area contributed by atoms with Crippen molar-refractivity contribution in [2.75, 3.05) is 7.11 Å². The number of aromatic nitrogens is 2. The van der Waals surface area contributed by atoms with Crippen LogP contribution in [0, 0.1) is 0 Å². The van der Waals surface area contributed by atoms with Crippen molar-refractivity contribution < 1.29 is 14.1 Å². The molecule has 0 atom stereocenters. The zero-order chi connectivity index (χ0) is 12.2. The molecular formula is C10H16N2O3S. The second-order valence-corrected chi connectivity index (χ2v) is 6.06. The minimum Gasteiger partial charge on any atom is -0.469 e. The van der Waals surface area contributed by atoms with Gasteiger partial charge in [0.2, 0.25) is 5.89 Å². The largest absolute Gasteiger partial charge is 0.469 e. The quantitative estimate of drug-likeness (QED) is 0.753. The predicted octanol–water partition coefficient (Wildman–Crippen LogP) is 1.82. The van der Waals surface area contributed by atoms with Gasteiger partial charge in [-0.25, -0.2) is 0 Å². The Morgan fingerprint density at radius 1 is 1.50 bits per heavy atom. The predicted molar refractivity (Wildman–Crippen MR) is 61.1 cm³/mol. The monoisotopic (exact) mass is 244 g/mol. The SMILES string of the molecule is COC(=O)Cc1nc(CSC(C)(C)C)no1. The summed E-state index contributed by atoms with van der Waals surface area (Å²) < 4.78 is 9.59. The summed E-state index contributed by atoms with van der Waals surface area (Å²) in [6.07, 6.45) is 0.0314. The van der Waals surface area contributed by atoms with E-state index in [-0.39, 0.29) is 17.1 Å². The fourth-order valence-corrected chi connectivity index (χ4v) is 1.58. The van der Waals surface area contributed by atoms with Crippen LogP contribution >= 0.6 is 11.8 Å². The van der Waals surface area contributed by atoms with Gasteiger partial charge < -0.3 is 9.26 Å². The Morgan fingerprint density at radius 3 is 2.75 bits per heavy atom. The summed E-state index contributed by atoms with van der Waals surface area (Å²) >= 11 is 1.72. The first kappa shape index (κ1) is 13.0. The molecule has 0 radical (unpaired) electrons. The van der Waals surface area contributed by atoms with Crippen LogP contribution in [-0.2, 0) is 21.7 Å². The Labute approximate surface area is 98.9 Å². The summed E-state index contributed by atoms with van der Waals surface area (Å²) in [5.74, 6) is 1.21. The van der Waals surface area contributed by atoms with Gasteiger partial charge >= 0.3 is 5.97 Å². The molecule has 0 saturated heterocycles. The van der Waals surface area contributed by atoms with Crippen molar-refractivity contribution >= 4 is 17.7 Å². The smallest absolute Gasteiger partial charge is 0.315 e. The molecule has 0 amide bonds. The fourth-order valence-electron chi connectivity index (χ4n) is 0.897. The molecule has 5 nitrogen and oxygen atoms in total. The summed E-state index contributed by atoms with van der Waals surface area (Å²) in [6.45, 7) is 6.35. The Kier molecular flexibility index (Phi) is 4.35. The number of thioether (sulfide) groups is 1. The molecule has 0 fully saturated rings. The van der Waals surface area contributed by atoms with E-state index in [1.165, 1.54) is 7.11 Å². The summed E-state index contributed by atoms with van der Waals surface area (Å²) in [5, 5.41) is 3.79. The van der Waals surface area contributed by atoms with E-state index in [0.717, 1.165) is 0 Å². The topological polar surface area (TPSA) is 65.2 Å². The lowest BCUT2D eigenvalue weighted by Crippen LogP contribution is -2.08. The first-order valence-electron chi connectivity index (χ1n) is 4.93. The van der Waals surface area contributed by atoms with E-state index in [1.54, 1.807) is 11.8 Å². The average Bonchev–Trinajstić information content (AvgIpc) is 2.61. The van der Waals surface area contributed by atoms with E-state index in [0.29, 0.717) is 17.5 Å². The average molecular weight is 244 g/mol. The van der Waals surface area contributed by atoms with Gasteiger partial charge in [0.1, 0.15) is 6.42 Å². The van der Waals surface area contributed by atoms with Crippen LogP contribution in [0.5, 0.6) is 0 Å². The zero-order valence-electron chi connectivity index (χ0n) is 9.94. The molecule has 16 heavy (non-hydrogen) atoms. The molecule has 0 aliphatic rings. The number of rotatable bonds is 4. The number of ether oxygens (including phenoxy) is 1. The van der Waals surface area contributed by atoms with Gasteiger partial charge in [-0.1, -0.05) is 25.9 Å². The highest BCUT2D eigenvalue weighted by Gasteiger charge is 2.15. The van der Waals surface area contributed by atoms with Gasteiger partial charge in [0.05, 0.1) is 12.9 Å². The fraction of sp³-hybridized carbons (Fsp3) is 0.700. The van der Waals surface area contributed by atoms with Crippen LogP contribution in [-0.4, -0.2) is 28.0 Å². The summed E-state index contributed by atoms with van der Waals surface area (Å²) in [7, 11) is 1.33. The molecule has 0 bridgehead atoms. The Hall–Kier alpha value is -1.04. The van der Waals surface area contributed by atoms with Crippen LogP contribution in [0.4, 0.5) is 0 Å². The molecule has 90 valence electrons. The third-order valence-corrected chi connectivity index (χ3v) is 2.94. The normalized spacial score (nSPS) is 11.5. The van der Waals surface area contributed by atoms with Crippen molar-refractivity contribution in [3.8, 4) is 0 Å². The molecule has 0 saturated carbocycles. The molecule has 1 heterocycles. The summed E-state index contributed by atoms with van der Waals surface area (Å²) in [5.41, 5.74) is 0. The number of carbonyl (C=O) groups is 1. The van der Waals surface area contributed by atoms with Crippen LogP contribution in [0.3, 0.4) is 0 Å². The second kappa shape index (κ2) is 5.34. The van der Waals surface area contributed by atoms with Crippen LogP contribution in [0.15, 0.2) is 4.52 Å². The Bertz CT molecular complexity index is 357. The first-order valence-corrected chi connectivity index (χ1v) is 5.91. The van der Waals surface area contributed by atoms with Crippen molar-refractivity contribution in [1.82, 2.24) is 10.1 Å². The second-order valence-electron chi connectivity index (χ2n) is 4.26. The van der Waals surface area contributed by atoms with E-state index in [2.05, 4.69) is 35.6 Å². The highest BCUT2D eigenvalue weighted by atomic mass is 32.2. The minimum absolute atomic E-state index is 0.0314. The van der Waals surface area contributed by atoms with Gasteiger partial charge in [0.15, 0.2) is 5.82 Å². The lowest BCUT2D eigenvalue weighted by atomic mass is 10.3. The Morgan fingerprint density at radius 2 is 2.19 bits per heavy atom. The maximum absolute atomic E-state index is 11.0. The van der Waals surface area contributed by atoms with Crippen LogP contribution in [0.1, 0.15) is 32.5 Å². The van der Waals surface area contributed by atoms with Crippen molar-refractivity contribution in [1.29, 1.82) is 0 Å². The van der Waals surface area contributed by atoms with E-state index in [1.807, 2.05) is 0 Å². The molecule has 1 rings (SSSR count). The van der Waals surface area contributed by atoms with E-state index in [9.17, 15) is 4.79 Å². The van der Waals surface area contributed by atoms with Gasteiger partial charge in [-0.15, -0.1) is 11.8 Å². The maximum atomic E-state index is 11.0. The molecule has 0 aliphatic carbocycles. The zero-order valence-corrected chi connectivity index (χ0v) is 10.8. The number of carbonyl (C=O) groups excluding carboxylic acids is 1. The molecule has 6 heteroatoms. The van der Waals surface area contributed by atoms with Crippen molar-refractivity contribution in [2.45, 2.75) is 37.7 Å². The summed E-state index contributed by atoms with van der Waals surface area (Å²) in [4.78, 5) is 15.1. The first-order chi connectivity index (χ1) is 7.40.